The van der Waals surface area contributed by atoms with Crippen LogP contribution in [0, 0.1) is 0 Å². The minimum Gasteiger partial charge on any atom is -0.484 e. The van der Waals surface area contributed by atoms with Crippen molar-refractivity contribution < 1.29 is 42.7 Å². The van der Waals surface area contributed by atoms with Crippen molar-refractivity contribution in [2.75, 3.05) is 26.4 Å². The van der Waals surface area contributed by atoms with Crippen LogP contribution in [-0.4, -0.2) is 84.1 Å². The van der Waals surface area contributed by atoms with Crippen molar-refractivity contribution in [2.45, 2.75) is 147 Å². The number of allylic oxidation sites excluding steroid dienone is 3. The van der Waals surface area contributed by atoms with E-state index in [0.29, 0.717) is 61.5 Å². The topological polar surface area (TPSA) is 151 Å². The van der Waals surface area contributed by atoms with Gasteiger partial charge in [0.2, 0.25) is 5.91 Å². The molecule has 4 N–H and O–H groups in total. The lowest BCUT2D eigenvalue weighted by atomic mass is 10.0. The molecule has 15 heteroatoms. The molecule has 1 aliphatic heterocycles. The quantitative estimate of drug-likeness (QED) is 0.0198. The number of ether oxygens (including phenoxy) is 2. The van der Waals surface area contributed by atoms with E-state index in [4.69, 9.17) is 9.47 Å². The molecule has 0 saturated carbocycles. The molecule has 0 saturated heterocycles. The first-order chi connectivity index (χ1) is 32.2. The van der Waals surface area contributed by atoms with Crippen LogP contribution in [0.3, 0.4) is 0 Å². The Bertz CT molecular complexity index is 1980. The zero-order chi connectivity index (χ0) is 47.2. The van der Waals surface area contributed by atoms with E-state index < -0.39 is 19.5 Å². The van der Waals surface area contributed by atoms with E-state index in [2.05, 4.69) is 22.5 Å². The fourth-order valence-corrected chi connectivity index (χ4v) is 8.19. The van der Waals surface area contributed by atoms with Gasteiger partial charge in [0.15, 0.2) is 6.61 Å². The Hall–Kier alpha value is -4.86. The molecule has 3 heterocycles. The summed E-state index contributed by atoms with van der Waals surface area (Å²) in [6.45, 7) is 2.48. The maximum Gasteiger partial charge on any atom is 0.677 e. The highest BCUT2D eigenvalue weighted by Gasteiger charge is 2.22. The summed E-state index contributed by atoms with van der Waals surface area (Å²) in [5.74, 6) is -0.244. The van der Waals surface area contributed by atoms with Crippen LogP contribution in [0.1, 0.15) is 147 Å². The molecule has 2 amide bonds. The van der Waals surface area contributed by atoms with Gasteiger partial charge in [0.1, 0.15) is 5.75 Å². The SMILES string of the molecule is CCCCCCCCCCCCC/C=C/[C@@H](O)[C@H](CO)NC(=O)CCCCCOC(=O)CCCCCNC(=O)COc1ccc(C2=N/C(=C\c3cc(-c4cccs4)cn3B(F)F)C=C2)cc1. The Morgan fingerprint density at radius 1 is 0.848 bits per heavy atom. The number of amides is 2. The van der Waals surface area contributed by atoms with Crippen LogP contribution in [0.25, 0.3) is 16.5 Å². The Morgan fingerprint density at radius 2 is 1.55 bits per heavy atom. The number of esters is 1. The van der Waals surface area contributed by atoms with E-state index in [-0.39, 0.29) is 50.4 Å². The predicted molar refractivity (Wildman–Crippen MR) is 263 cm³/mol. The summed E-state index contributed by atoms with van der Waals surface area (Å²) < 4.78 is 39.4. The normalized spacial score (nSPS) is 13.8. The fourth-order valence-electron chi connectivity index (χ4n) is 7.49. The molecule has 0 bridgehead atoms. The highest BCUT2D eigenvalue weighted by molar-refractivity contribution is 7.13. The highest BCUT2D eigenvalue weighted by atomic mass is 32.1. The van der Waals surface area contributed by atoms with Crippen LogP contribution in [0.15, 0.2) is 89.0 Å². The second-order valence-corrected chi connectivity index (χ2v) is 17.8. The molecular formula is C51H71BF2N4O7S. The summed E-state index contributed by atoms with van der Waals surface area (Å²) in [5.41, 5.74) is 3.14. The number of thiophene rings is 1. The lowest BCUT2D eigenvalue weighted by Crippen LogP contribution is -2.45. The van der Waals surface area contributed by atoms with Crippen molar-refractivity contribution >= 4 is 48.3 Å². The lowest BCUT2D eigenvalue weighted by Gasteiger charge is -2.20. The summed E-state index contributed by atoms with van der Waals surface area (Å²) in [7, 11) is -2.68. The van der Waals surface area contributed by atoms with Crippen molar-refractivity contribution in [2.24, 2.45) is 4.99 Å². The van der Waals surface area contributed by atoms with Crippen LogP contribution in [-0.2, 0) is 19.1 Å². The van der Waals surface area contributed by atoms with Gasteiger partial charge in [-0.25, -0.2) is 4.99 Å². The maximum absolute atomic E-state index is 13.8. The first kappa shape index (κ1) is 53.8. The molecule has 3 aromatic rings. The zero-order valence-electron chi connectivity index (χ0n) is 38.8. The molecule has 0 fully saturated rings. The molecule has 4 rings (SSSR count). The van der Waals surface area contributed by atoms with Crippen LogP contribution >= 0.6 is 11.3 Å². The third kappa shape index (κ3) is 21.2. The average Bonchev–Trinajstić information content (AvgIpc) is 4.12. The van der Waals surface area contributed by atoms with Gasteiger partial charge in [-0.3, -0.25) is 23.0 Å². The largest absolute Gasteiger partial charge is 0.677 e. The van der Waals surface area contributed by atoms with Gasteiger partial charge in [0.25, 0.3) is 5.91 Å². The van der Waals surface area contributed by atoms with Gasteiger partial charge in [-0.2, -0.15) is 0 Å². The van der Waals surface area contributed by atoms with Crippen molar-refractivity contribution in [3.63, 3.8) is 0 Å². The number of benzene rings is 1. The minimum atomic E-state index is -2.68. The van der Waals surface area contributed by atoms with Crippen LogP contribution < -0.4 is 15.4 Å². The molecule has 2 aromatic heterocycles. The number of aliphatic hydroxyl groups excluding tert-OH is 2. The number of nitrogens with one attached hydrogen (secondary N) is 2. The average molecular weight is 933 g/mol. The highest BCUT2D eigenvalue weighted by Crippen LogP contribution is 2.29. The minimum absolute atomic E-state index is 0.148. The molecule has 1 aromatic carbocycles. The monoisotopic (exact) mass is 933 g/mol. The molecule has 2 atom stereocenters. The van der Waals surface area contributed by atoms with Gasteiger partial charge < -0.3 is 34.8 Å². The molecule has 0 unspecified atom stereocenters. The molecule has 0 radical (unpaired) electrons. The Balaban J connectivity index is 0.966. The standard InChI is InChI=1S/C51H71BF2N4O7S/c1-2-3-4-5-6-7-8-9-10-11-12-13-16-22-47(60)46(38-59)57-49(61)24-17-15-20-33-64-51(63)25-18-14-19-32-55-50(62)39-65-44-29-26-40(27-30-44)45-31-28-42(56-45)36-43-35-41(37-58(43)52(53)54)48-23-21-34-66-48/h16,21-23,26-31,34-37,46-47,59-60H,2-15,17-20,24-25,32-33,38-39H2,1H3,(H,55,62)(H,57,61)/b22-16+,42-36-/t46-,47+/m0/s1. The van der Waals surface area contributed by atoms with Crippen molar-refractivity contribution in [3.8, 4) is 16.2 Å². The van der Waals surface area contributed by atoms with E-state index in [1.807, 2.05) is 41.8 Å². The summed E-state index contributed by atoms with van der Waals surface area (Å²) >= 11 is 1.49. The van der Waals surface area contributed by atoms with E-state index in [9.17, 15) is 33.2 Å². The molecule has 66 heavy (non-hydrogen) atoms. The smallest absolute Gasteiger partial charge is 0.484 e. The fraction of sp³-hybridized carbons (Fsp3) is 0.529. The lowest BCUT2D eigenvalue weighted by molar-refractivity contribution is -0.144. The van der Waals surface area contributed by atoms with Crippen molar-refractivity contribution in [1.29, 1.82) is 0 Å². The molecule has 1 aliphatic rings. The molecule has 0 spiro atoms. The first-order valence-electron chi connectivity index (χ1n) is 24.1. The number of aromatic nitrogens is 1. The molecular weight excluding hydrogens is 861 g/mol. The van der Waals surface area contributed by atoms with Crippen LogP contribution in [0.2, 0.25) is 0 Å². The van der Waals surface area contributed by atoms with E-state index >= 15 is 0 Å². The van der Waals surface area contributed by atoms with E-state index in [1.54, 1.807) is 36.4 Å². The number of aliphatic hydroxyl groups is 2. The van der Waals surface area contributed by atoms with E-state index in [1.165, 1.54) is 81.7 Å². The third-order valence-electron chi connectivity index (χ3n) is 11.3. The second-order valence-electron chi connectivity index (χ2n) is 16.8. The summed E-state index contributed by atoms with van der Waals surface area (Å²) in [6, 6.07) is 11.9. The number of carbonyl (C=O) groups is 3. The number of rotatable bonds is 35. The summed E-state index contributed by atoms with van der Waals surface area (Å²) in [6.07, 6.45) is 28.9. The molecule has 11 nitrogen and oxygen atoms in total. The number of hydrogen-bond donors (Lipinski definition) is 4. The van der Waals surface area contributed by atoms with Gasteiger partial charge in [-0.15, -0.1) is 11.3 Å². The van der Waals surface area contributed by atoms with Crippen LogP contribution in [0.5, 0.6) is 5.75 Å². The van der Waals surface area contributed by atoms with Gasteiger partial charge in [0.05, 0.1) is 36.8 Å². The van der Waals surface area contributed by atoms with E-state index in [0.717, 1.165) is 39.7 Å². The Kier molecular flexibility index (Phi) is 26.0. The predicted octanol–water partition coefficient (Wildman–Crippen LogP) is 10.6. The maximum atomic E-state index is 13.8. The Morgan fingerprint density at radius 3 is 2.24 bits per heavy atom. The van der Waals surface area contributed by atoms with Crippen LogP contribution in [0.4, 0.5) is 8.63 Å². The van der Waals surface area contributed by atoms with Gasteiger partial charge in [-0.1, -0.05) is 95.8 Å². The first-order valence-corrected chi connectivity index (χ1v) is 25.0. The number of nitrogens with zero attached hydrogens (tertiary/aromatic N) is 2. The van der Waals surface area contributed by atoms with Crippen molar-refractivity contribution in [3.05, 3.63) is 95.3 Å². The molecule has 0 aliphatic carbocycles. The number of unbranched alkanes of at least 4 members (excludes halogenated alkanes) is 15. The Labute approximate surface area is 395 Å². The van der Waals surface area contributed by atoms with Gasteiger partial charge in [-0.05, 0) is 105 Å². The number of aliphatic imine (C=N–C) groups is 1. The number of hydrogen-bond acceptors (Lipinski definition) is 9. The third-order valence-corrected chi connectivity index (χ3v) is 12.2. The number of halogens is 2. The number of carbonyl (C=O) groups excluding carboxylic acids is 3. The summed E-state index contributed by atoms with van der Waals surface area (Å²) in [5, 5.41) is 27.6. The molecule has 360 valence electrons. The second kappa shape index (κ2) is 32.0. The van der Waals surface area contributed by atoms with Crippen molar-refractivity contribution in [1.82, 2.24) is 15.1 Å². The van der Waals surface area contributed by atoms with Gasteiger partial charge in [0, 0.05) is 47.3 Å². The summed E-state index contributed by atoms with van der Waals surface area (Å²) in [4.78, 5) is 42.4. The zero-order valence-corrected chi connectivity index (χ0v) is 39.6. The van der Waals surface area contributed by atoms with Gasteiger partial charge >= 0.3 is 13.4 Å².